The summed E-state index contributed by atoms with van der Waals surface area (Å²) in [5.74, 6) is 0.428. The minimum atomic E-state index is 0.0770. The standard InChI is InChI=1S/C35H56/c1-23(21-24-22-25(31(2,3)4)17-18-26(24)32(5,6)7)29-27(33(8,9)10)19-20-28(34(11,12)13)30(29)35(14,15)16/h17-20,22-23H,21H2,1-16H3. The third-order valence-electron chi connectivity index (χ3n) is 7.41. The van der Waals surface area contributed by atoms with Crippen LogP contribution >= 0.6 is 0 Å². The average molecular weight is 477 g/mol. The van der Waals surface area contributed by atoms with E-state index in [1.807, 2.05) is 0 Å². The number of hydrogen-bond acceptors (Lipinski definition) is 0. The predicted octanol–water partition coefficient (Wildman–Crippen LogP) is 10.5. The van der Waals surface area contributed by atoms with Crippen LogP contribution < -0.4 is 0 Å². The summed E-state index contributed by atoms with van der Waals surface area (Å²) in [4.78, 5) is 0. The fourth-order valence-corrected chi connectivity index (χ4v) is 5.61. The normalized spacial score (nSPS) is 14.9. The quantitative estimate of drug-likeness (QED) is 0.413. The van der Waals surface area contributed by atoms with E-state index in [-0.39, 0.29) is 27.1 Å². The Morgan fingerprint density at radius 3 is 1.34 bits per heavy atom. The molecule has 2 aromatic rings. The molecule has 0 aliphatic rings. The minimum Gasteiger partial charge on any atom is -0.0582 e. The molecule has 0 bridgehead atoms. The van der Waals surface area contributed by atoms with Crippen LogP contribution in [0.1, 0.15) is 156 Å². The van der Waals surface area contributed by atoms with Gasteiger partial charge < -0.3 is 0 Å². The van der Waals surface area contributed by atoms with Gasteiger partial charge in [0.2, 0.25) is 0 Å². The average Bonchev–Trinajstić information content (AvgIpc) is 2.63. The second-order valence-corrected chi connectivity index (χ2v) is 16.2. The molecule has 0 saturated carbocycles. The molecule has 0 spiro atoms. The Balaban J connectivity index is 2.87. The van der Waals surface area contributed by atoms with Gasteiger partial charge in [-0.05, 0) is 78.4 Å². The summed E-state index contributed by atoms with van der Waals surface area (Å²) in [6, 6.07) is 12.1. The Bertz CT molecular complexity index is 1030. The molecule has 0 aliphatic carbocycles. The molecule has 0 saturated heterocycles. The molecular formula is C35H56. The molecule has 0 nitrogen and oxygen atoms in total. The van der Waals surface area contributed by atoms with E-state index in [1.165, 1.54) is 27.8 Å². The monoisotopic (exact) mass is 476 g/mol. The van der Waals surface area contributed by atoms with Gasteiger partial charge in [0, 0.05) is 0 Å². The number of benzene rings is 2. The van der Waals surface area contributed by atoms with Gasteiger partial charge in [-0.25, -0.2) is 0 Å². The van der Waals surface area contributed by atoms with Crippen LogP contribution in [0.25, 0.3) is 0 Å². The third kappa shape index (κ3) is 6.81. The highest BCUT2D eigenvalue weighted by Crippen LogP contribution is 2.45. The van der Waals surface area contributed by atoms with Crippen LogP contribution in [-0.2, 0) is 33.5 Å². The topological polar surface area (TPSA) is 0 Å². The summed E-state index contributed by atoms with van der Waals surface area (Å²) < 4.78 is 0. The van der Waals surface area contributed by atoms with Crippen molar-refractivity contribution in [2.45, 2.75) is 150 Å². The zero-order valence-corrected chi connectivity index (χ0v) is 26.2. The fraction of sp³-hybridized carbons (Fsp3) is 0.657. The summed E-state index contributed by atoms with van der Waals surface area (Å²) in [6.07, 6.45) is 1.07. The molecule has 2 aromatic carbocycles. The lowest BCUT2D eigenvalue weighted by Gasteiger charge is -2.38. The first-order valence-electron chi connectivity index (χ1n) is 13.8. The van der Waals surface area contributed by atoms with E-state index >= 15 is 0 Å². The molecule has 0 aromatic heterocycles. The van der Waals surface area contributed by atoms with E-state index in [2.05, 4.69) is 141 Å². The highest BCUT2D eigenvalue weighted by atomic mass is 14.4. The fourth-order valence-electron chi connectivity index (χ4n) is 5.61. The van der Waals surface area contributed by atoms with Crippen molar-refractivity contribution in [3.63, 3.8) is 0 Å². The molecule has 0 heterocycles. The first-order valence-corrected chi connectivity index (χ1v) is 13.8. The molecule has 2 rings (SSSR count). The Morgan fingerprint density at radius 1 is 0.514 bits per heavy atom. The molecule has 0 heteroatoms. The van der Waals surface area contributed by atoms with Crippen molar-refractivity contribution in [1.29, 1.82) is 0 Å². The molecular weight excluding hydrogens is 420 g/mol. The van der Waals surface area contributed by atoms with Crippen molar-refractivity contribution in [1.82, 2.24) is 0 Å². The Hall–Kier alpha value is -1.56. The van der Waals surface area contributed by atoms with Crippen molar-refractivity contribution >= 4 is 0 Å². The zero-order valence-electron chi connectivity index (χ0n) is 26.2. The van der Waals surface area contributed by atoms with Gasteiger partial charge in [0.15, 0.2) is 0 Å². The lowest BCUT2D eigenvalue weighted by atomic mass is 9.66. The van der Waals surface area contributed by atoms with Crippen molar-refractivity contribution in [2.24, 2.45) is 0 Å². The highest BCUT2D eigenvalue weighted by molar-refractivity contribution is 5.52. The summed E-state index contributed by atoms with van der Waals surface area (Å²) in [6.45, 7) is 38.0. The summed E-state index contributed by atoms with van der Waals surface area (Å²) in [7, 11) is 0. The van der Waals surface area contributed by atoms with E-state index in [4.69, 9.17) is 0 Å². The number of hydrogen-bond donors (Lipinski definition) is 0. The van der Waals surface area contributed by atoms with Gasteiger partial charge >= 0.3 is 0 Å². The van der Waals surface area contributed by atoms with Crippen LogP contribution in [0, 0.1) is 0 Å². The lowest BCUT2D eigenvalue weighted by molar-refractivity contribution is 0.504. The molecule has 0 fully saturated rings. The lowest BCUT2D eigenvalue weighted by Crippen LogP contribution is -2.28. The molecule has 196 valence electrons. The van der Waals surface area contributed by atoms with Gasteiger partial charge in [-0.1, -0.05) is 141 Å². The summed E-state index contributed by atoms with van der Waals surface area (Å²) >= 11 is 0. The first-order chi connectivity index (χ1) is 15.5. The van der Waals surface area contributed by atoms with Gasteiger partial charge in [-0.2, -0.15) is 0 Å². The van der Waals surface area contributed by atoms with Gasteiger partial charge in [-0.3, -0.25) is 0 Å². The van der Waals surface area contributed by atoms with Crippen molar-refractivity contribution in [2.75, 3.05) is 0 Å². The van der Waals surface area contributed by atoms with E-state index in [9.17, 15) is 0 Å². The van der Waals surface area contributed by atoms with Crippen LogP contribution in [0.15, 0.2) is 30.3 Å². The van der Waals surface area contributed by atoms with Crippen LogP contribution in [0.2, 0.25) is 0 Å². The molecule has 0 amide bonds. The minimum absolute atomic E-state index is 0.0770. The predicted molar refractivity (Wildman–Crippen MR) is 159 cm³/mol. The number of rotatable bonds is 3. The van der Waals surface area contributed by atoms with E-state index in [0.29, 0.717) is 5.92 Å². The second kappa shape index (κ2) is 9.39. The molecule has 1 unspecified atom stereocenters. The van der Waals surface area contributed by atoms with Crippen LogP contribution in [0.4, 0.5) is 0 Å². The van der Waals surface area contributed by atoms with E-state index in [0.717, 1.165) is 6.42 Å². The second-order valence-electron chi connectivity index (χ2n) is 16.2. The molecule has 0 aliphatic heterocycles. The van der Waals surface area contributed by atoms with Crippen LogP contribution in [-0.4, -0.2) is 0 Å². The SMILES string of the molecule is CC(Cc1cc(C(C)(C)C)ccc1C(C)(C)C)c1c(C(C)(C)C)ccc(C(C)(C)C)c1C(C)(C)C. The van der Waals surface area contributed by atoms with E-state index in [1.54, 1.807) is 11.1 Å². The molecule has 35 heavy (non-hydrogen) atoms. The summed E-state index contributed by atoms with van der Waals surface area (Å²) in [5.41, 5.74) is 11.1. The smallest absolute Gasteiger partial charge is 0.0126 e. The Labute approximate surface area is 219 Å². The van der Waals surface area contributed by atoms with Crippen molar-refractivity contribution in [3.05, 3.63) is 69.3 Å². The maximum Gasteiger partial charge on any atom is -0.0126 e. The van der Waals surface area contributed by atoms with Crippen LogP contribution in [0.3, 0.4) is 0 Å². The van der Waals surface area contributed by atoms with Gasteiger partial charge in [0.05, 0.1) is 0 Å². The van der Waals surface area contributed by atoms with E-state index < -0.39 is 0 Å². The van der Waals surface area contributed by atoms with Gasteiger partial charge in [0.1, 0.15) is 0 Å². The maximum absolute atomic E-state index is 2.51. The highest BCUT2D eigenvalue weighted by Gasteiger charge is 2.34. The van der Waals surface area contributed by atoms with Crippen molar-refractivity contribution < 1.29 is 0 Å². The zero-order chi connectivity index (χ0) is 27.4. The third-order valence-corrected chi connectivity index (χ3v) is 7.41. The van der Waals surface area contributed by atoms with Crippen LogP contribution in [0.5, 0.6) is 0 Å². The van der Waals surface area contributed by atoms with Gasteiger partial charge in [0.25, 0.3) is 0 Å². The largest absolute Gasteiger partial charge is 0.0582 e. The van der Waals surface area contributed by atoms with Gasteiger partial charge in [-0.15, -0.1) is 0 Å². The summed E-state index contributed by atoms with van der Waals surface area (Å²) in [5, 5.41) is 0. The Kier molecular flexibility index (Phi) is 7.96. The maximum atomic E-state index is 2.51. The Morgan fingerprint density at radius 2 is 0.943 bits per heavy atom. The first kappa shape index (κ1) is 29.7. The molecule has 1 atom stereocenters. The van der Waals surface area contributed by atoms with Crippen molar-refractivity contribution in [3.8, 4) is 0 Å². The molecule has 0 radical (unpaired) electrons. The molecule has 0 N–H and O–H groups in total.